The van der Waals surface area contributed by atoms with Crippen molar-refractivity contribution in [2.75, 3.05) is 0 Å². The fraction of sp³-hybridized carbons (Fsp3) is 0.0357. The fourth-order valence-electron chi connectivity index (χ4n) is 10.1. The molecule has 12 aromatic rings. The van der Waals surface area contributed by atoms with Gasteiger partial charge in [0, 0.05) is 26.9 Å². The Hall–Kier alpha value is -7.42. The Kier molecular flexibility index (Phi) is 6.59. The predicted octanol–water partition coefficient (Wildman–Crippen LogP) is 16.2. The zero-order valence-electron chi connectivity index (χ0n) is 31.6. The smallest absolute Gasteiger partial charge is 0.143 e. The highest BCUT2D eigenvalue weighted by Gasteiger charge is 2.22. The number of hydrogen-bond acceptors (Lipinski definition) is 2. The van der Waals surface area contributed by atoms with Crippen LogP contribution in [0.15, 0.2) is 191 Å². The molecule has 1 aliphatic carbocycles. The molecule has 0 amide bonds. The van der Waals surface area contributed by atoms with Gasteiger partial charge >= 0.3 is 0 Å². The first-order valence-electron chi connectivity index (χ1n) is 20.2. The molecule has 0 atom stereocenters. The summed E-state index contributed by atoms with van der Waals surface area (Å²) in [4.78, 5) is 0. The van der Waals surface area contributed by atoms with Gasteiger partial charge in [0.1, 0.15) is 22.3 Å². The molecule has 0 saturated heterocycles. The molecule has 2 heterocycles. The van der Waals surface area contributed by atoms with Crippen molar-refractivity contribution in [3.63, 3.8) is 0 Å². The van der Waals surface area contributed by atoms with Gasteiger partial charge in [-0.3, -0.25) is 0 Å². The molecule has 0 saturated carbocycles. The summed E-state index contributed by atoms with van der Waals surface area (Å²) in [5.41, 5.74) is 11.5. The highest BCUT2D eigenvalue weighted by atomic mass is 16.3. The SMILES string of the molecule is C1=C(c2ccc3c(c2)c2ccccc2c2c4cc5ccccc5cc4oc32)CCC(c2c3ccccc3c(-c3ccc4oc5ccccc5c4c3)c3ccccc23)=C1. The van der Waals surface area contributed by atoms with Crippen molar-refractivity contribution >= 4 is 109 Å². The van der Waals surface area contributed by atoms with Crippen LogP contribution in [0.2, 0.25) is 0 Å². The molecule has 270 valence electrons. The lowest BCUT2D eigenvalue weighted by atomic mass is 9.82. The van der Waals surface area contributed by atoms with Gasteiger partial charge < -0.3 is 8.83 Å². The molecule has 0 N–H and O–H groups in total. The van der Waals surface area contributed by atoms with Crippen LogP contribution < -0.4 is 0 Å². The molecular formula is C56H34O2. The van der Waals surface area contributed by atoms with Crippen LogP contribution >= 0.6 is 0 Å². The minimum absolute atomic E-state index is 0.918. The van der Waals surface area contributed by atoms with Crippen LogP contribution in [0.3, 0.4) is 0 Å². The van der Waals surface area contributed by atoms with Crippen molar-refractivity contribution in [3.8, 4) is 11.1 Å². The summed E-state index contributed by atoms with van der Waals surface area (Å²) in [6.07, 6.45) is 6.67. The lowest BCUT2D eigenvalue weighted by Gasteiger charge is -2.22. The molecule has 0 unspecified atom stereocenters. The van der Waals surface area contributed by atoms with Crippen molar-refractivity contribution in [3.05, 3.63) is 193 Å². The fourth-order valence-corrected chi connectivity index (χ4v) is 10.1. The maximum Gasteiger partial charge on any atom is 0.143 e. The minimum atomic E-state index is 0.918. The number of para-hydroxylation sites is 1. The zero-order chi connectivity index (χ0) is 37.9. The van der Waals surface area contributed by atoms with E-state index in [4.69, 9.17) is 8.83 Å². The quantitative estimate of drug-likeness (QED) is 0.133. The molecule has 2 heteroatoms. The van der Waals surface area contributed by atoms with Gasteiger partial charge in [-0.2, -0.15) is 0 Å². The van der Waals surface area contributed by atoms with E-state index in [0.717, 1.165) is 51.3 Å². The number of allylic oxidation sites excluding steroid dienone is 4. The maximum absolute atomic E-state index is 6.74. The third kappa shape index (κ3) is 4.54. The number of rotatable bonds is 3. The maximum atomic E-state index is 6.74. The Labute approximate surface area is 333 Å². The molecule has 0 radical (unpaired) electrons. The highest BCUT2D eigenvalue weighted by molar-refractivity contribution is 6.31. The van der Waals surface area contributed by atoms with Crippen LogP contribution in [-0.2, 0) is 0 Å². The Morgan fingerprint density at radius 1 is 0.310 bits per heavy atom. The van der Waals surface area contributed by atoms with E-state index in [1.807, 2.05) is 6.07 Å². The monoisotopic (exact) mass is 738 g/mol. The van der Waals surface area contributed by atoms with Gasteiger partial charge in [0.05, 0.1) is 0 Å². The van der Waals surface area contributed by atoms with E-state index >= 15 is 0 Å². The van der Waals surface area contributed by atoms with Crippen LogP contribution in [0.25, 0.3) is 120 Å². The molecule has 10 aromatic carbocycles. The second kappa shape index (κ2) is 12.0. The second-order valence-corrected chi connectivity index (χ2v) is 15.8. The first-order chi connectivity index (χ1) is 28.7. The molecule has 0 fully saturated rings. The Morgan fingerprint density at radius 2 is 0.879 bits per heavy atom. The summed E-state index contributed by atoms with van der Waals surface area (Å²) in [6, 6.07) is 61.7. The summed E-state index contributed by atoms with van der Waals surface area (Å²) in [7, 11) is 0. The summed E-state index contributed by atoms with van der Waals surface area (Å²) in [5, 5.41) is 17.1. The summed E-state index contributed by atoms with van der Waals surface area (Å²) >= 11 is 0. The van der Waals surface area contributed by atoms with Crippen molar-refractivity contribution in [2.24, 2.45) is 0 Å². The average molecular weight is 739 g/mol. The van der Waals surface area contributed by atoms with E-state index in [-0.39, 0.29) is 0 Å². The lowest BCUT2D eigenvalue weighted by Crippen LogP contribution is -1.98. The van der Waals surface area contributed by atoms with Crippen molar-refractivity contribution < 1.29 is 8.83 Å². The summed E-state index contributed by atoms with van der Waals surface area (Å²) in [6.45, 7) is 0. The first-order valence-corrected chi connectivity index (χ1v) is 20.2. The van der Waals surface area contributed by atoms with Crippen LogP contribution in [0, 0.1) is 0 Å². The topological polar surface area (TPSA) is 26.3 Å². The van der Waals surface area contributed by atoms with Crippen LogP contribution in [0.5, 0.6) is 0 Å². The molecule has 0 bridgehead atoms. The normalized spacial score (nSPS) is 13.6. The summed E-state index contributed by atoms with van der Waals surface area (Å²) < 4.78 is 13.0. The van der Waals surface area contributed by atoms with Crippen molar-refractivity contribution in [2.45, 2.75) is 12.8 Å². The first kappa shape index (κ1) is 31.7. The second-order valence-electron chi connectivity index (χ2n) is 15.8. The van der Waals surface area contributed by atoms with Gasteiger partial charge in [0.25, 0.3) is 0 Å². The van der Waals surface area contributed by atoms with E-state index in [1.165, 1.54) is 92.6 Å². The van der Waals surface area contributed by atoms with E-state index in [0.29, 0.717) is 0 Å². The van der Waals surface area contributed by atoms with E-state index in [1.54, 1.807) is 0 Å². The predicted molar refractivity (Wildman–Crippen MR) is 246 cm³/mol. The number of fused-ring (bicyclic) bond motifs is 14. The number of benzene rings is 10. The Balaban J connectivity index is 0.962. The Bertz CT molecular complexity index is 3740. The van der Waals surface area contributed by atoms with Gasteiger partial charge in [-0.15, -0.1) is 0 Å². The van der Waals surface area contributed by atoms with Gasteiger partial charge in [0.2, 0.25) is 0 Å². The molecular weight excluding hydrogens is 705 g/mol. The Morgan fingerprint density at radius 3 is 1.62 bits per heavy atom. The number of furan rings is 2. The lowest BCUT2D eigenvalue weighted by molar-refractivity contribution is 0.669. The third-order valence-electron chi connectivity index (χ3n) is 12.7. The zero-order valence-corrected chi connectivity index (χ0v) is 31.6. The molecule has 13 rings (SSSR count). The van der Waals surface area contributed by atoms with Crippen molar-refractivity contribution in [1.29, 1.82) is 0 Å². The molecule has 0 aliphatic heterocycles. The largest absolute Gasteiger partial charge is 0.456 e. The van der Waals surface area contributed by atoms with E-state index in [9.17, 15) is 0 Å². The van der Waals surface area contributed by atoms with Crippen LogP contribution in [-0.4, -0.2) is 0 Å². The van der Waals surface area contributed by atoms with Gasteiger partial charge in [-0.1, -0.05) is 140 Å². The number of hydrogen-bond donors (Lipinski definition) is 0. The van der Waals surface area contributed by atoms with Crippen molar-refractivity contribution in [1.82, 2.24) is 0 Å². The molecule has 58 heavy (non-hydrogen) atoms. The van der Waals surface area contributed by atoms with Crippen LogP contribution in [0.4, 0.5) is 0 Å². The van der Waals surface area contributed by atoms with Gasteiger partial charge in [-0.25, -0.2) is 0 Å². The highest BCUT2D eigenvalue weighted by Crippen LogP contribution is 2.47. The average Bonchev–Trinajstić information content (AvgIpc) is 3.85. The third-order valence-corrected chi connectivity index (χ3v) is 12.7. The standard InChI is InChI=1S/C56H34O2/c1-2-12-36-32-52-49(30-35(36)11-1)55-41-15-4-3-13-39(41)47-29-37(25-27-46(47)56(55)58-52)33-21-23-34(24-22-33)53-42-16-5-7-18-44(42)54(45-19-8-6-17-43(45)53)38-26-28-51-48(31-38)40-14-9-10-20-50(40)57-51/h1-21,23,25-32H,22,24H2. The summed E-state index contributed by atoms with van der Waals surface area (Å²) in [5.74, 6) is 0. The van der Waals surface area contributed by atoms with Gasteiger partial charge in [0.15, 0.2) is 0 Å². The molecule has 2 aromatic heterocycles. The van der Waals surface area contributed by atoms with Crippen LogP contribution in [0.1, 0.15) is 24.0 Å². The molecule has 1 aliphatic rings. The van der Waals surface area contributed by atoms with Gasteiger partial charge in [-0.05, 0) is 137 Å². The van der Waals surface area contributed by atoms with E-state index in [2.05, 4.69) is 176 Å². The minimum Gasteiger partial charge on any atom is -0.456 e. The van der Waals surface area contributed by atoms with E-state index < -0.39 is 0 Å². The molecule has 2 nitrogen and oxygen atoms in total. The molecule has 0 spiro atoms.